The van der Waals surface area contributed by atoms with Crippen molar-refractivity contribution >= 4 is 97.0 Å². The average molecular weight is 1970 g/mol. The van der Waals surface area contributed by atoms with Crippen molar-refractivity contribution in [3.63, 3.8) is 0 Å². The molecule has 141 heavy (non-hydrogen) atoms. The zero-order chi connectivity index (χ0) is 103. The molecule has 7 N–H and O–H groups in total. The maximum Gasteiger partial charge on any atom is 0.483 e. The third-order valence-corrected chi connectivity index (χ3v) is 25.2. The number of carbonyl (C=O) groups excluding carboxylic acids is 6. The van der Waals surface area contributed by atoms with Gasteiger partial charge in [-0.1, -0.05) is 278 Å². The van der Waals surface area contributed by atoms with Crippen molar-refractivity contribution < 1.29 is 76.3 Å². The van der Waals surface area contributed by atoms with E-state index in [0.717, 1.165) is 96.3 Å². The van der Waals surface area contributed by atoms with Crippen LogP contribution in [0.3, 0.4) is 0 Å². The van der Waals surface area contributed by atoms with E-state index in [2.05, 4.69) is 206 Å². The standard InChI is InChI=1S/C21H21NO.C19H18N2O.C16H25NO4Si.C9H8N2.C9H10O2.C8H19NO3Si.C6H11BO2.3C6H10O.3C2H4.3CH4/c1-2-6-20(17-7-4-3-5-8-17)21(23)14-16-9-10-19-15-22-12-11-18(19)13-16;20-12-18(15-4-2-1-3-5-15)19(22)11-14-6-7-17-13-21-9-8-16(17)10-14;1-20-15(18)14(13-8-6-5-7-9-13)12-17-16(19)21-10-11-22(2,3)4;10-9-2-1-8-6-11-4-3-7(8)5-9;1-11-9(10)7-8-5-3-2-4-6-8;1-11-7-9-8(10)12-5-6-13(2,3)4;1-5-3-4-7(8)9-6(5)2;3*1-5-3-4-7-6(5)2;3*1-2;;;/h3-5,7-13,15,20H,2,6,14H2,1H3;1-10,13,18H,11-12,20H2;5-9,14H,10-12H2,1-4H3,(H,17,19);1-6H,10H2;2-6H,7H2,1H3;5-7H2,1-4H3,(H,9,10);3-6,8H,1-2H3;3*3-6H,1-2H3;3*1-2H2;3*1H4. The number of hydrogen-bond acceptors (Lipinski definition) is 21. The van der Waals surface area contributed by atoms with E-state index in [1.54, 1.807) is 43.4 Å². The number of hydrogen-bond donors (Lipinski definition) is 5. The predicted molar refractivity (Wildman–Crippen MR) is 592 cm³/mol. The van der Waals surface area contributed by atoms with Gasteiger partial charge in [0.15, 0.2) is 0 Å². The lowest BCUT2D eigenvalue weighted by Crippen LogP contribution is -2.33. The molecule has 0 fully saturated rings. The number of nitrogens with two attached hydrogens (primary N) is 2. The number of ether oxygens (including phenoxy) is 8. The van der Waals surface area contributed by atoms with Crippen molar-refractivity contribution in [2.45, 2.75) is 210 Å². The molecule has 0 radical (unpaired) electrons. The van der Waals surface area contributed by atoms with E-state index in [-0.39, 0.29) is 71.2 Å². The van der Waals surface area contributed by atoms with Crippen LogP contribution in [-0.4, -0.2) is 158 Å². The number of aromatic nitrogens is 3. The molecule has 2 amide bonds. The van der Waals surface area contributed by atoms with Crippen LogP contribution in [-0.2, 0) is 81.0 Å². The Labute approximate surface area is 846 Å². The number of alkyl carbamates (subject to hydrolysis) is 2. The number of nitrogens with one attached hydrogen (secondary N) is 2. The summed E-state index contributed by atoms with van der Waals surface area (Å²) in [5, 5.41) is 20.7. The van der Waals surface area contributed by atoms with E-state index in [1.807, 2.05) is 208 Å². The number of fused-ring (bicyclic) bond motifs is 3. The first kappa shape index (κ1) is 130. The second kappa shape index (κ2) is 75.2. The van der Waals surface area contributed by atoms with Gasteiger partial charge in [0.1, 0.15) is 36.6 Å². The molecular formula is C115H166BN7O16Si2. The van der Waals surface area contributed by atoms with Crippen LogP contribution < -0.4 is 22.1 Å². The molecule has 4 aliphatic heterocycles. The van der Waals surface area contributed by atoms with Gasteiger partial charge < -0.3 is 64.4 Å². The number of carbonyl (C=O) groups is 6. The smallest absolute Gasteiger partial charge is 0.483 e. The van der Waals surface area contributed by atoms with Gasteiger partial charge in [0.2, 0.25) is 0 Å². The summed E-state index contributed by atoms with van der Waals surface area (Å²) in [6.07, 6.45) is 27.9. The largest absolute Gasteiger partial charge is 0.498 e. The third-order valence-electron chi connectivity index (χ3n) is 21.8. The normalized spacial score (nSPS) is 16.4. The average Bonchev–Trinajstić information content (AvgIpc) is 0.994. The Kier molecular flexibility index (Phi) is 69.5. The molecular weight excluding hydrogens is 1800 g/mol. The summed E-state index contributed by atoms with van der Waals surface area (Å²) in [6.45, 7) is 51.8. The van der Waals surface area contributed by atoms with E-state index in [4.69, 9.17) is 49.6 Å². The highest BCUT2D eigenvalue weighted by atomic mass is 28.3. The van der Waals surface area contributed by atoms with Crippen molar-refractivity contribution in [2.24, 2.45) is 29.4 Å². The number of anilines is 1. The Bertz CT molecular complexity index is 5140. The van der Waals surface area contributed by atoms with Gasteiger partial charge in [0.25, 0.3) is 0 Å². The Morgan fingerprint density at radius 1 is 0.447 bits per heavy atom. The molecule has 0 bridgehead atoms. The minimum atomic E-state index is -1.22. The molecule has 0 aliphatic carbocycles. The summed E-state index contributed by atoms with van der Waals surface area (Å²) >= 11 is 0. The number of nitrogen functional groups attached to an aromatic ring is 1. The summed E-state index contributed by atoms with van der Waals surface area (Å²) in [4.78, 5) is 82.9. The molecule has 11 unspecified atom stereocenters. The zero-order valence-corrected chi connectivity index (χ0v) is 86.8. The number of benzene rings is 7. The van der Waals surface area contributed by atoms with Gasteiger partial charge in [0, 0.05) is 138 Å². The second-order valence-corrected chi connectivity index (χ2v) is 46.2. The number of ketones is 2. The lowest BCUT2D eigenvalue weighted by molar-refractivity contribution is -0.142. The molecule has 3 aromatic heterocycles. The number of nitrogens with zero attached hydrogens (tertiary/aromatic N) is 3. The summed E-state index contributed by atoms with van der Waals surface area (Å²) in [6, 6.07) is 64.4. The van der Waals surface area contributed by atoms with Crippen LogP contribution in [0.15, 0.2) is 320 Å². The van der Waals surface area contributed by atoms with E-state index in [9.17, 15) is 28.8 Å². The van der Waals surface area contributed by atoms with Gasteiger partial charge in [-0.15, -0.1) is 39.5 Å². The number of methoxy groups -OCH3 is 3. The van der Waals surface area contributed by atoms with Gasteiger partial charge in [-0.2, -0.15) is 0 Å². The molecule has 7 aromatic carbocycles. The van der Waals surface area contributed by atoms with Crippen LogP contribution in [0.4, 0.5) is 15.3 Å². The van der Waals surface area contributed by atoms with Gasteiger partial charge in [-0.25, -0.2) is 9.59 Å². The van der Waals surface area contributed by atoms with Gasteiger partial charge in [0.05, 0.1) is 64.5 Å². The van der Waals surface area contributed by atoms with Crippen LogP contribution in [0.25, 0.3) is 32.3 Å². The van der Waals surface area contributed by atoms with E-state index in [1.165, 1.54) is 21.3 Å². The van der Waals surface area contributed by atoms with Gasteiger partial charge in [-0.3, -0.25) is 39.4 Å². The molecule has 11 atom stereocenters. The number of Topliss-reactive ketones (excluding diaryl/α,β-unsaturated/α-hetero) is 2. The summed E-state index contributed by atoms with van der Waals surface area (Å²) < 4.78 is 44.4. The summed E-state index contributed by atoms with van der Waals surface area (Å²) in [7, 11) is 1.25. The predicted octanol–water partition coefficient (Wildman–Crippen LogP) is 25.5. The third kappa shape index (κ3) is 55.2. The molecule has 0 saturated carbocycles. The van der Waals surface area contributed by atoms with Gasteiger partial charge in [-0.05, 0) is 150 Å². The quantitative estimate of drug-likeness (QED) is 0.00886. The highest BCUT2D eigenvalue weighted by Crippen LogP contribution is 2.28. The Hall–Kier alpha value is -12.7. The fraction of sp³-hybridized carbons (Fsp3) is 0.383. The molecule has 14 rings (SSSR count). The maximum absolute atomic E-state index is 12.8. The van der Waals surface area contributed by atoms with E-state index in [0.29, 0.717) is 86.8 Å². The molecule has 26 heteroatoms. The highest BCUT2D eigenvalue weighted by molar-refractivity contribution is 6.76. The molecule has 768 valence electrons. The summed E-state index contributed by atoms with van der Waals surface area (Å²) in [5.41, 5.74) is 18.2. The van der Waals surface area contributed by atoms with Crippen molar-refractivity contribution in [1.82, 2.24) is 25.6 Å². The monoisotopic (exact) mass is 1970 g/mol. The van der Waals surface area contributed by atoms with Gasteiger partial charge >= 0.3 is 31.2 Å². The SMILES string of the molecule is C.C.C.C=C.C=C.C=C.CC1C=CB(O)OC1C.CC1C=COC1C.CC1C=COC1C.CC1C=COC1C.CCCC(C(=O)Cc1ccc2cnccc2c1)c1ccccc1.COC(=O)C(CNC(=O)OCC[Si](C)(C)C)c1ccccc1.COC(=O)Cc1ccccc1.COCNC(=O)OCC[Si](C)(C)C.NCC(C(=O)Cc1ccc2cnccc2c1)c1ccccc1.Nc1ccc2cnccc2c1. The topological polar surface area (TPSA) is 320 Å². The highest BCUT2D eigenvalue weighted by Gasteiger charge is 2.26. The van der Waals surface area contributed by atoms with Crippen LogP contribution in [0.5, 0.6) is 0 Å². The molecule has 4 aliphatic rings. The zero-order valence-electron chi connectivity index (χ0n) is 84.8. The van der Waals surface area contributed by atoms with Crippen molar-refractivity contribution in [1.29, 1.82) is 0 Å². The number of esters is 2. The van der Waals surface area contributed by atoms with Crippen LogP contribution in [0, 0.1) is 23.7 Å². The minimum Gasteiger partial charge on any atom is -0.498 e. The fourth-order valence-corrected chi connectivity index (χ4v) is 14.1. The van der Waals surface area contributed by atoms with Crippen LogP contribution in [0.1, 0.15) is 149 Å². The maximum atomic E-state index is 12.8. The first-order valence-electron chi connectivity index (χ1n) is 46.8. The molecule has 23 nitrogen and oxygen atoms in total. The number of amides is 2. The molecule has 7 heterocycles. The first-order valence-corrected chi connectivity index (χ1v) is 54.2. The van der Waals surface area contributed by atoms with Crippen molar-refractivity contribution in [2.75, 3.05) is 60.1 Å². The first-order chi connectivity index (χ1) is 66.1. The molecule has 0 spiro atoms. The lowest BCUT2D eigenvalue weighted by Gasteiger charge is -2.22. The fourth-order valence-electron chi connectivity index (χ4n) is 12.7. The number of pyridine rings is 3. The van der Waals surface area contributed by atoms with Crippen LogP contribution >= 0.6 is 0 Å². The minimum absolute atomic E-state index is 0. The molecule has 10 aromatic rings. The second-order valence-electron chi connectivity index (χ2n) is 35.0. The van der Waals surface area contributed by atoms with Crippen LogP contribution in [0.2, 0.25) is 51.4 Å². The van der Waals surface area contributed by atoms with E-state index >= 15 is 0 Å². The summed E-state index contributed by atoms with van der Waals surface area (Å²) in [5.74, 6) is 3.02. The molecule has 0 saturated heterocycles. The van der Waals surface area contributed by atoms with E-state index < -0.39 is 41.4 Å². The number of rotatable bonds is 25. The van der Waals surface area contributed by atoms with Crippen molar-refractivity contribution in [3.8, 4) is 0 Å². The Morgan fingerprint density at radius 3 is 1.16 bits per heavy atom. The van der Waals surface area contributed by atoms with Crippen molar-refractivity contribution in [3.05, 3.63) is 353 Å². The Balaban J connectivity index is 0. The Morgan fingerprint density at radius 2 is 0.816 bits per heavy atom. The lowest BCUT2D eigenvalue weighted by atomic mass is 9.83.